The van der Waals surface area contributed by atoms with Gasteiger partial charge >= 0.3 is 0 Å². The molecule has 7 rings (SSSR count). The molecule has 2 aromatic heterocycles. The Kier molecular flexibility index (Phi) is 12.7. The van der Waals surface area contributed by atoms with Gasteiger partial charge in [0, 0.05) is 104 Å². The molecule has 0 saturated carbocycles. The predicted octanol–water partition coefficient (Wildman–Crippen LogP) is 6.97. The van der Waals surface area contributed by atoms with Crippen molar-refractivity contribution in [1.82, 2.24) is 35.6 Å². The van der Waals surface area contributed by atoms with Crippen LogP contribution in [-0.4, -0.2) is 75.9 Å². The summed E-state index contributed by atoms with van der Waals surface area (Å²) in [5.41, 5.74) is 8.59. The van der Waals surface area contributed by atoms with Crippen molar-refractivity contribution in [2.24, 2.45) is 0 Å². The molecule has 294 valence electrons. The van der Waals surface area contributed by atoms with Gasteiger partial charge in [0.05, 0.1) is 17.3 Å². The van der Waals surface area contributed by atoms with Gasteiger partial charge in [-0.25, -0.2) is 9.67 Å². The maximum atomic E-state index is 13.6. The van der Waals surface area contributed by atoms with Gasteiger partial charge in [-0.1, -0.05) is 48.9 Å². The van der Waals surface area contributed by atoms with Crippen LogP contribution in [-0.2, 0) is 37.3 Å². The minimum Gasteiger partial charge on any atom is -0.381 e. The molecule has 2 aliphatic rings. The lowest BCUT2D eigenvalue weighted by molar-refractivity contribution is 0.0904. The highest BCUT2D eigenvalue weighted by molar-refractivity contribution is 6.33. The van der Waals surface area contributed by atoms with E-state index in [9.17, 15) is 9.59 Å². The van der Waals surface area contributed by atoms with E-state index >= 15 is 0 Å². The average molecular weight is 777 g/mol. The number of ether oxygens (including phenoxy) is 1. The van der Waals surface area contributed by atoms with Crippen LogP contribution in [0.1, 0.15) is 83.6 Å². The first-order chi connectivity index (χ1) is 27.2. The van der Waals surface area contributed by atoms with Gasteiger partial charge in [0.25, 0.3) is 11.8 Å². The number of nitrogens with one attached hydrogen (secondary N) is 4. The van der Waals surface area contributed by atoms with Crippen LogP contribution in [0.5, 0.6) is 0 Å². The maximum Gasteiger partial charge on any atom is 0.251 e. The highest BCUT2D eigenvalue weighted by Gasteiger charge is 2.23. The number of halogens is 1. The maximum absolute atomic E-state index is 13.6. The molecule has 4 heterocycles. The number of fused-ring (bicyclic) bond motifs is 1. The van der Waals surface area contributed by atoms with Crippen molar-refractivity contribution >= 4 is 40.1 Å². The molecule has 2 aliphatic heterocycles. The Morgan fingerprint density at radius 3 is 2.32 bits per heavy atom. The van der Waals surface area contributed by atoms with Gasteiger partial charge in [0.2, 0.25) is 0 Å². The van der Waals surface area contributed by atoms with Crippen LogP contribution in [0.4, 0.5) is 5.69 Å². The number of anilines is 1. The number of amides is 2. The zero-order valence-electron chi connectivity index (χ0n) is 32.8. The number of aromatic nitrogens is 3. The van der Waals surface area contributed by atoms with Crippen molar-refractivity contribution < 1.29 is 14.3 Å². The lowest BCUT2D eigenvalue weighted by Crippen LogP contribution is -2.53. The van der Waals surface area contributed by atoms with Gasteiger partial charge in [-0.2, -0.15) is 5.10 Å². The Bertz CT molecular complexity index is 2170. The standard InChI is InChI=1S/C44H53ClN8O3/c1-5-40-37(41(50-35-15-17-56-18-16-35)38-24-48-53(6-2)42(38)51-40)23-47-44(55)34-12-8-11-33(21-34)43(54)46-22-30-13-14-39(45)36(20-30)32-10-7-9-31(19-32)27-52-25-28(3)49-29(4)26-52/h7-14,19-21,24,28-29,35,49H,5-6,15-18,22-23,25-27H2,1-4H3,(H,46,54)(H,47,55)(H,50,51)/t28-,29+. The van der Waals surface area contributed by atoms with Crippen molar-refractivity contribution in [2.75, 3.05) is 31.6 Å². The number of piperazine rings is 1. The Morgan fingerprint density at radius 2 is 1.61 bits per heavy atom. The molecular weight excluding hydrogens is 724 g/mol. The van der Waals surface area contributed by atoms with E-state index in [1.807, 2.05) is 29.1 Å². The smallest absolute Gasteiger partial charge is 0.251 e. The summed E-state index contributed by atoms with van der Waals surface area (Å²) in [6, 6.07) is 22.4. The third kappa shape index (κ3) is 9.24. The van der Waals surface area contributed by atoms with Gasteiger partial charge < -0.3 is 26.0 Å². The van der Waals surface area contributed by atoms with E-state index in [1.165, 1.54) is 5.56 Å². The molecule has 2 fully saturated rings. The van der Waals surface area contributed by atoms with Crippen LogP contribution < -0.4 is 21.3 Å². The Balaban J connectivity index is 1.02. The van der Waals surface area contributed by atoms with Crippen molar-refractivity contribution in [2.45, 2.75) is 91.3 Å². The fraction of sp³-hybridized carbons (Fsp3) is 0.409. The fourth-order valence-electron chi connectivity index (χ4n) is 8.03. The van der Waals surface area contributed by atoms with E-state index < -0.39 is 0 Å². The van der Waals surface area contributed by atoms with Crippen molar-refractivity contribution in [3.8, 4) is 11.1 Å². The summed E-state index contributed by atoms with van der Waals surface area (Å²) in [6.45, 7) is 14.2. The van der Waals surface area contributed by atoms with Crippen molar-refractivity contribution in [3.63, 3.8) is 0 Å². The first-order valence-electron chi connectivity index (χ1n) is 19.9. The summed E-state index contributed by atoms with van der Waals surface area (Å²) in [4.78, 5) is 34.5. The fourth-order valence-corrected chi connectivity index (χ4v) is 8.25. The number of carbonyl (C=O) groups excluding carboxylic acids is 2. The summed E-state index contributed by atoms with van der Waals surface area (Å²) in [5, 5.41) is 19.7. The molecular formula is C44H53ClN8O3. The summed E-state index contributed by atoms with van der Waals surface area (Å²) in [5.74, 6) is -0.537. The van der Waals surface area contributed by atoms with Crippen molar-refractivity contribution in [1.29, 1.82) is 0 Å². The van der Waals surface area contributed by atoms with Gasteiger partial charge in [-0.15, -0.1) is 0 Å². The van der Waals surface area contributed by atoms with Gasteiger partial charge in [0.1, 0.15) is 0 Å². The number of hydrogen-bond donors (Lipinski definition) is 4. The van der Waals surface area contributed by atoms with Gasteiger partial charge in [-0.3, -0.25) is 14.5 Å². The van der Waals surface area contributed by atoms with Gasteiger partial charge in [-0.05, 0) is 93.1 Å². The number of rotatable bonds is 13. The first kappa shape index (κ1) is 39.4. The average Bonchev–Trinajstić information content (AvgIpc) is 3.63. The third-order valence-electron chi connectivity index (χ3n) is 10.7. The molecule has 0 spiro atoms. The largest absolute Gasteiger partial charge is 0.381 e. The molecule has 4 N–H and O–H groups in total. The van der Waals surface area contributed by atoms with E-state index in [1.54, 1.807) is 24.3 Å². The van der Waals surface area contributed by atoms with E-state index in [0.29, 0.717) is 61.0 Å². The van der Waals surface area contributed by atoms with Crippen LogP contribution in [0.3, 0.4) is 0 Å². The quantitative estimate of drug-likeness (QED) is 0.101. The van der Waals surface area contributed by atoms with Crippen LogP contribution in [0.2, 0.25) is 5.02 Å². The minimum atomic E-state index is -0.270. The highest BCUT2D eigenvalue weighted by Crippen LogP contribution is 2.32. The Labute approximate surface area is 334 Å². The van der Waals surface area contributed by atoms with Crippen LogP contribution in [0.15, 0.2) is 72.9 Å². The summed E-state index contributed by atoms with van der Waals surface area (Å²) in [6.07, 6.45) is 4.36. The number of carbonyl (C=O) groups is 2. The molecule has 5 aromatic rings. The van der Waals surface area contributed by atoms with Crippen LogP contribution in [0.25, 0.3) is 22.2 Å². The zero-order valence-corrected chi connectivity index (χ0v) is 33.6. The molecule has 11 nitrogen and oxygen atoms in total. The molecule has 2 saturated heterocycles. The highest BCUT2D eigenvalue weighted by atomic mass is 35.5. The van der Waals surface area contributed by atoms with E-state index in [-0.39, 0.29) is 24.4 Å². The SMILES string of the molecule is CCc1nc2c(cnn2CC)c(NC2CCOCC2)c1CNC(=O)c1cccc(C(=O)NCc2ccc(Cl)c(-c3cccc(CN4C[C@@H](C)N[C@@H](C)C4)c3)c2)c1. The molecule has 0 unspecified atom stereocenters. The molecule has 2 amide bonds. The second-order valence-electron chi connectivity index (χ2n) is 15.1. The van der Waals surface area contributed by atoms with E-state index in [4.69, 9.17) is 21.3 Å². The summed E-state index contributed by atoms with van der Waals surface area (Å²) in [7, 11) is 0. The van der Waals surface area contributed by atoms with E-state index in [2.05, 4.69) is 83.2 Å². The number of nitrogens with zero attached hydrogens (tertiary/aromatic N) is 4. The molecule has 3 aromatic carbocycles. The Morgan fingerprint density at radius 1 is 0.893 bits per heavy atom. The number of benzene rings is 3. The molecule has 0 aliphatic carbocycles. The minimum absolute atomic E-state index is 0.250. The number of pyridine rings is 1. The molecule has 0 bridgehead atoms. The zero-order chi connectivity index (χ0) is 39.2. The molecule has 0 radical (unpaired) electrons. The summed E-state index contributed by atoms with van der Waals surface area (Å²) >= 11 is 6.73. The number of hydrogen-bond acceptors (Lipinski definition) is 8. The second-order valence-corrected chi connectivity index (χ2v) is 15.5. The van der Waals surface area contributed by atoms with E-state index in [0.717, 1.165) is 77.1 Å². The van der Waals surface area contributed by atoms with Crippen LogP contribution >= 0.6 is 11.6 Å². The Hall–Kier alpha value is -4.81. The van der Waals surface area contributed by atoms with Crippen molar-refractivity contribution in [3.05, 3.63) is 111 Å². The monoisotopic (exact) mass is 776 g/mol. The second kappa shape index (κ2) is 18.0. The third-order valence-corrected chi connectivity index (χ3v) is 11.1. The molecule has 2 atom stereocenters. The van der Waals surface area contributed by atoms with Gasteiger partial charge in [0.15, 0.2) is 5.65 Å². The molecule has 56 heavy (non-hydrogen) atoms. The number of aryl methyl sites for hydroxylation is 2. The molecule has 12 heteroatoms. The lowest BCUT2D eigenvalue weighted by Gasteiger charge is -2.36. The topological polar surface area (TPSA) is 125 Å². The predicted molar refractivity (Wildman–Crippen MR) is 223 cm³/mol. The van der Waals surface area contributed by atoms with Crippen LogP contribution in [0, 0.1) is 0 Å². The summed E-state index contributed by atoms with van der Waals surface area (Å²) < 4.78 is 7.51. The lowest BCUT2D eigenvalue weighted by atomic mass is 10.00. The first-order valence-corrected chi connectivity index (χ1v) is 20.3. The normalized spacial score (nSPS) is 17.9.